The largest absolute Gasteiger partial charge is 0.496 e. The Kier molecular flexibility index (Phi) is 9.38. The minimum absolute atomic E-state index is 0.0280. The Morgan fingerprint density at radius 3 is 2.55 bits per heavy atom. The van der Waals surface area contributed by atoms with E-state index in [1.165, 1.54) is 12.1 Å². The van der Waals surface area contributed by atoms with Crippen molar-refractivity contribution in [2.45, 2.75) is 57.3 Å². The van der Waals surface area contributed by atoms with E-state index in [9.17, 15) is 9.18 Å². The molecule has 1 amide bonds. The molecule has 2 N–H and O–H groups in total. The van der Waals surface area contributed by atoms with Gasteiger partial charge in [-0.25, -0.2) is 4.39 Å². The Morgan fingerprint density at radius 1 is 1.06 bits per heavy atom. The van der Waals surface area contributed by atoms with E-state index in [0.29, 0.717) is 18.9 Å². The summed E-state index contributed by atoms with van der Waals surface area (Å²) >= 11 is 12.3. The van der Waals surface area contributed by atoms with E-state index < -0.39 is 5.82 Å². The van der Waals surface area contributed by atoms with E-state index in [1.807, 2.05) is 12.1 Å². The van der Waals surface area contributed by atoms with E-state index in [2.05, 4.69) is 57.7 Å². The molecule has 47 heavy (non-hydrogen) atoms. The van der Waals surface area contributed by atoms with Crippen molar-refractivity contribution in [1.82, 2.24) is 15.5 Å². The number of rotatable bonds is 10. The maximum absolute atomic E-state index is 14.6. The van der Waals surface area contributed by atoms with Gasteiger partial charge in [-0.2, -0.15) is 0 Å². The highest BCUT2D eigenvalue weighted by Crippen LogP contribution is 2.38. The average molecular weight is 680 g/mol. The van der Waals surface area contributed by atoms with Crippen molar-refractivity contribution in [1.29, 1.82) is 0 Å². The topological polar surface area (TPSA) is 66.1 Å². The molecule has 2 bridgehead atoms. The van der Waals surface area contributed by atoms with Crippen LogP contribution in [0.2, 0.25) is 10.0 Å². The van der Waals surface area contributed by atoms with Crippen molar-refractivity contribution in [3.05, 3.63) is 92.7 Å². The fraction of sp³-hybridized carbons (Fsp3) is 0.432. The first-order valence-electron chi connectivity index (χ1n) is 16.5. The van der Waals surface area contributed by atoms with Crippen molar-refractivity contribution in [2.75, 3.05) is 44.8 Å². The highest BCUT2D eigenvalue weighted by molar-refractivity contribution is 6.37. The summed E-state index contributed by atoms with van der Waals surface area (Å²) in [4.78, 5) is 19.0. The Bertz CT molecular complexity index is 1660. The van der Waals surface area contributed by atoms with E-state index in [1.54, 1.807) is 7.11 Å². The number of fused-ring (bicyclic) bond motifs is 2. The molecule has 3 fully saturated rings. The van der Waals surface area contributed by atoms with Crippen LogP contribution in [0.4, 0.5) is 10.1 Å². The molecule has 1 aliphatic carbocycles. The molecule has 248 valence electrons. The Balaban J connectivity index is 1.10. The van der Waals surface area contributed by atoms with Crippen molar-refractivity contribution >= 4 is 40.4 Å². The van der Waals surface area contributed by atoms with Gasteiger partial charge in [-0.05, 0) is 85.2 Å². The zero-order chi connectivity index (χ0) is 32.7. The second kappa shape index (κ2) is 13.7. The summed E-state index contributed by atoms with van der Waals surface area (Å²) in [5.41, 5.74) is 6.52. The molecule has 0 aromatic heterocycles. The normalized spacial score (nSPS) is 22.4. The van der Waals surface area contributed by atoms with Gasteiger partial charge in [0, 0.05) is 62.0 Å². The van der Waals surface area contributed by atoms with Crippen molar-refractivity contribution in [3.63, 3.8) is 0 Å². The molecule has 0 unspecified atom stereocenters. The molecule has 0 radical (unpaired) electrons. The van der Waals surface area contributed by atoms with Crippen LogP contribution in [0, 0.1) is 18.7 Å². The summed E-state index contributed by atoms with van der Waals surface area (Å²) in [6.45, 7) is 6.47. The van der Waals surface area contributed by atoms with Gasteiger partial charge in [0.1, 0.15) is 11.6 Å². The third-order valence-corrected chi connectivity index (χ3v) is 10.6. The summed E-state index contributed by atoms with van der Waals surface area (Å²) in [7, 11) is 1.69. The van der Waals surface area contributed by atoms with Crippen molar-refractivity contribution < 1.29 is 18.7 Å². The summed E-state index contributed by atoms with van der Waals surface area (Å²) in [6.07, 6.45) is 3.85. The summed E-state index contributed by atoms with van der Waals surface area (Å²) in [6, 6.07) is 17.8. The number of nitrogens with one attached hydrogen (secondary N) is 2. The lowest BCUT2D eigenvalue weighted by Crippen LogP contribution is -2.60. The van der Waals surface area contributed by atoms with Gasteiger partial charge in [0.15, 0.2) is 5.75 Å². The molecule has 3 heterocycles. The van der Waals surface area contributed by atoms with Gasteiger partial charge in [0.2, 0.25) is 0 Å². The molecular weight excluding hydrogens is 638 g/mol. The summed E-state index contributed by atoms with van der Waals surface area (Å²) < 4.78 is 25.1. The monoisotopic (exact) mass is 678 g/mol. The van der Waals surface area contributed by atoms with E-state index >= 15 is 0 Å². The van der Waals surface area contributed by atoms with Crippen LogP contribution >= 0.6 is 23.2 Å². The first-order valence-corrected chi connectivity index (χ1v) is 17.3. The van der Waals surface area contributed by atoms with Gasteiger partial charge in [-0.15, -0.1) is 0 Å². The van der Waals surface area contributed by atoms with E-state index in [4.69, 9.17) is 32.7 Å². The minimum Gasteiger partial charge on any atom is -0.496 e. The van der Waals surface area contributed by atoms with E-state index in [-0.39, 0.29) is 40.0 Å². The van der Waals surface area contributed by atoms with Gasteiger partial charge >= 0.3 is 0 Å². The number of amides is 1. The van der Waals surface area contributed by atoms with Crippen LogP contribution in [0.25, 0.3) is 5.57 Å². The summed E-state index contributed by atoms with van der Waals surface area (Å²) in [5, 5.41) is 7.65. The molecule has 7 rings (SSSR count). The quantitative estimate of drug-likeness (QED) is 0.251. The third-order valence-electron chi connectivity index (χ3n) is 10.0. The lowest BCUT2D eigenvalue weighted by Gasteiger charge is -2.41. The van der Waals surface area contributed by atoms with Crippen LogP contribution in [0.3, 0.4) is 0 Å². The highest BCUT2D eigenvalue weighted by atomic mass is 35.5. The smallest absolute Gasteiger partial charge is 0.252 e. The Morgan fingerprint density at radius 2 is 1.83 bits per heavy atom. The van der Waals surface area contributed by atoms with Gasteiger partial charge in [-0.3, -0.25) is 4.79 Å². The van der Waals surface area contributed by atoms with Gasteiger partial charge < -0.3 is 29.9 Å². The summed E-state index contributed by atoms with van der Waals surface area (Å²) in [5.74, 6) is 1.12. The number of carbonyl (C=O) groups excluding carboxylic acids is 1. The predicted molar refractivity (Wildman–Crippen MR) is 185 cm³/mol. The fourth-order valence-corrected chi connectivity index (χ4v) is 7.90. The second-order valence-electron chi connectivity index (χ2n) is 13.2. The number of carbonyl (C=O) groups is 1. The lowest BCUT2D eigenvalue weighted by atomic mass is 9.83. The molecule has 10 heteroatoms. The number of benzene rings is 3. The van der Waals surface area contributed by atoms with Crippen LogP contribution in [0.1, 0.15) is 42.4 Å². The molecule has 4 aliphatic rings. The fourth-order valence-electron chi connectivity index (χ4n) is 7.33. The SMILES string of the molecule is COc1cccc(CN(C(=O)C2=C(c3ccc(N4CC[C@@H](COc5c(Cl)cc(F)cc5Cl)C4)cc3)C[C@H]3CNC[C@@H]2N3)C2CC2)c1C. The molecular formula is C37H41Cl2FN4O3. The molecule has 3 aromatic carbocycles. The van der Waals surface area contributed by atoms with Crippen molar-refractivity contribution in [2.24, 2.45) is 5.92 Å². The number of hydrogen-bond donors (Lipinski definition) is 2. The first-order chi connectivity index (χ1) is 22.8. The number of piperazine rings is 1. The number of anilines is 1. The molecule has 3 aromatic rings. The van der Waals surface area contributed by atoms with Gasteiger partial charge in [0.25, 0.3) is 5.91 Å². The maximum Gasteiger partial charge on any atom is 0.252 e. The zero-order valence-corrected chi connectivity index (χ0v) is 28.3. The Hall–Kier alpha value is -3.30. The van der Waals surface area contributed by atoms with E-state index in [0.717, 1.165) is 91.1 Å². The van der Waals surface area contributed by atoms with Gasteiger partial charge in [0.05, 0.1) is 29.8 Å². The van der Waals surface area contributed by atoms with Crippen LogP contribution in [0.15, 0.2) is 60.2 Å². The number of methoxy groups -OCH3 is 1. The highest BCUT2D eigenvalue weighted by Gasteiger charge is 2.41. The molecule has 3 aliphatic heterocycles. The number of hydrogen-bond acceptors (Lipinski definition) is 6. The van der Waals surface area contributed by atoms with Crippen molar-refractivity contribution in [3.8, 4) is 11.5 Å². The molecule has 7 nitrogen and oxygen atoms in total. The number of nitrogens with zero attached hydrogens (tertiary/aromatic N) is 2. The maximum atomic E-state index is 14.6. The molecule has 3 atom stereocenters. The predicted octanol–water partition coefficient (Wildman–Crippen LogP) is 6.63. The van der Waals surface area contributed by atoms with Crippen LogP contribution in [0.5, 0.6) is 11.5 Å². The van der Waals surface area contributed by atoms with Crippen LogP contribution < -0.4 is 25.0 Å². The molecule has 2 saturated heterocycles. The molecule has 0 spiro atoms. The molecule has 1 saturated carbocycles. The third kappa shape index (κ3) is 6.84. The second-order valence-corrected chi connectivity index (χ2v) is 14.1. The Labute approximate surface area is 286 Å². The first kappa shape index (κ1) is 32.3. The average Bonchev–Trinajstić information content (AvgIpc) is 3.80. The number of ether oxygens (including phenoxy) is 2. The van der Waals surface area contributed by atoms with Crippen LogP contribution in [-0.2, 0) is 11.3 Å². The minimum atomic E-state index is -0.483. The number of halogens is 3. The lowest BCUT2D eigenvalue weighted by molar-refractivity contribution is -0.128. The van der Waals surface area contributed by atoms with Gasteiger partial charge in [-0.1, -0.05) is 47.5 Å². The zero-order valence-electron chi connectivity index (χ0n) is 26.8. The van der Waals surface area contributed by atoms with Crippen LogP contribution in [-0.4, -0.2) is 68.8 Å². The standard InChI is InChI=1S/C37H41Cl2FN4O3/c1-22-25(4-3-5-34(22)46-2)20-44(29-10-11-29)37(45)35-30(16-27-17-41-18-33(35)42-27)24-6-8-28(9-7-24)43-13-12-23(19-43)21-47-36-31(38)14-26(40)15-32(36)39/h3-9,14-15,23,27,29,33,41-42H,10-13,16-21H2,1-2H3/t23-,27+,33+/m1/s1.